The lowest BCUT2D eigenvalue weighted by molar-refractivity contribution is -0.132. The number of carbonyl (C=O) groups is 2. The molecule has 0 radical (unpaired) electrons. The summed E-state index contributed by atoms with van der Waals surface area (Å²) in [7, 11) is 0. The predicted molar refractivity (Wildman–Crippen MR) is 147 cm³/mol. The second-order valence-electron chi connectivity index (χ2n) is 9.81. The Hall–Kier alpha value is -4.38. The Morgan fingerprint density at radius 1 is 0.919 bits per heavy atom. The topological polar surface area (TPSA) is 66.8 Å². The SMILES string of the molecule is Cc1ccc(N2C(=O)C(=O)/C(=C(\O)c3cccc4ccccc34)C2c2cccc(OCC(C)C)c2)cc1. The van der Waals surface area contributed by atoms with Gasteiger partial charge in [0.25, 0.3) is 11.7 Å². The Kier molecular flexibility index (Phi) is 6.53. The third kappa shape index (κ3) is 4.60. The van der Waals surface area contributed by atoms with Crippen LogP contribution in [0.5, 0.6) is 5.75 Å². The second-order valence-corrected chi connectivity index (χ2v) is 9.81. The highest BCUT2D eigenvalue weighted by Crippen LogP contribution is 2.43. The number of rotatable bonds is 6. The molecule has 0 spiro atoms. The fourth-order valence-corrected chi connectivity index (χ4v) is 4.73. The number of fused-ring (bicyclic) bond motifs is 1. The molecule has 4 aromatic rings. The number of amides is 1. The molecule has 4 aromatic carbocycles. The second kappa shape index (κ2) is 9.94. The highest BCUT2D eigenvalue weighted by Gasteiger charge is 2.47. The molecule has 5 heteroatoms. The van der Waals surface area contributed by atoms with E-state index in [0.717, 1.165) is 16.3 Å². The van der Waals surface area contributed by atoms with Gasteiger partial charge in [-0.15, -0.1) is 0 Å². The zero-order chi connectivity index (χ0) is 26.1. The summed E-state index contributed by atoms with van der Waals surface area (Å²) in [4.78, 5) is 28.5. The van der Waals surface area contributed by atoms with Crippen LogP contribution in [0.3, 0.4) is 0 Å². The van der Waals surface area contributed by atoms with Gasteiger partial charge in [-0.25, -0.2) is 0 Å². The number of ketones is 1. The number of hydrogen-bond acceptors (Lipinski definition) is 4. The largest absolute Gasteiger partial charge is 0.507 e. The molecule has 37 heavy (non-hydrogen) atoms. The first-order chi connectivity index (χ1) is 17.8. The molecular formula is C32H29NO4. The van der Waals surface area contributed by atoms with Crippen LogP contribution in [0.2, 0.25) is 0 Å². The number of Topliss-reactive ketones (excluding diaryl/α,β-unsaturated/α-hetero) is 1. The Morgan fingerprint density at radius 3 is 2.38 bits per heavy atom. The Labute approximate surface area is 216 Å². The predicted octanol–water partition coefficient (Wildman–Crippen LogP) is 6.81. The van der Waals surface area contributed by atoms with Gasteiger partial charge in [0.1, 0.15) is 11.5 Å². The summed E-state index contributed by atoms with van der Waals surface area (Å²) in [5.74, 6) is -0.601. The number of carbonyl (C=O) groups excluding carboxylic acids is 2. The van der Waals surface area contributed by atoms with Crippen molar-refractivity contribution in [1.82, 2.24) is 0 Å². The number of hydrogen-bond donors (Lipinski definition) is 1. The van der Waals surface area contributed by atoms with E-state index in [2.05, 4.69) is 13.8 Å². The third-order valence-corrected chi connectivity index (χ3v) is 6.56. The molecule has 5 nitrogen and oxygen atoms in total. The first kappa shape index (κ1) is 24.3. The molecule has 1 atom stereocenters. The summed E-state index contributed by atoms with van der Waals surface area (Å²) >= 11 is 0. The number of aryl methyl sites for hydroxylation is 1. The lowest BCUT2D eigenvalue weighted by Crippen LogP contribution is -2.29. The van der Waals surface area contributed by atoms with E-state index in [1.165, 1.54) is 4.90 Å². The molecule has 1 aliphatic rings. The molecule has 0 aromatic heterocycles. The number of aliphatic hydroxyl groups excluding tert-OH is 1. The van der Waals surface area contributed by atoms with Crippen molar-refractivity contribution in [1.29, 1.82) is 0 Å². The summed E-state index contributed by atoms with van der Waals surface area (Å²) in [6.07, 6.45) is 0. The standard InChI is InChI=1S/C32H29NO4/c1-20(2)19-37-25-11-6-10-23(18-25)29-28(30(34)27-13-7-9-22-8-4-5-12-26(22)27)31(35)32(36)33(29)24-16-14-21(3)15-17-24/h4-18,20,29,34H,19H2,1-3H3/b30-28-. The lowest BCUT2D eigenvalue weighted by atomic mass is 9.93. The van der Waals surface area contributed by atoms with E-state index in [4.69, 9.17) is 4.74 Å². The third-order valence-electron chi connectivity index (χ3n) is 6.56. The van der Waals surface area contributed by atoms with E-state index in [-0.39, 0.29) is 11.3 Å². The number of anilines is 1. The monoisotopic (exact) mass is 491 g/mol. The summed E-state index contributed by atoms with van der Waals surface area (Å²) in [6, 6.07) is 27.3. The van der Waals surface area contributed by atoms with Crippen LogP contribution in [0.15, 0.2) is 96.6 Å². The van der Waals surface area contributed by atoms with Crippen molar-refractivity contribution in [3.8, 4) is 5.75 Å². The molecule has 1 fully saturated rings. The fourth-order valence-electron chi connectivity index (χ4n) is 4.73. The maximum atomic E-state index is 13.6. The number of benzene rings is 4. The smallest absolute Gasteiger partial charge is 0.300 e. The zero-order valence-electron chi connectivity index (χ0n) is 21.1. The van der Waals surface area contributed by atoms with Crippen LogP contribution >= 0.6 is 0 Å². The Balaban J connectivity index is 1.72. The van der Waals surface area contributed by atoms with Gasteiger partial charge in [-0.2, -0.15) is 0 Å². The molecule has 5 rings (SSSR count). The first-order valence-corrected chi connectivity index (χ1v) is 12.4. The summed E-state index contributed by atoms with van der Waals surface area (Å²) < 4.78 is 5.95. The van der Waals surface area contributed by atoms with Gasteiger partial charge in [-0.3, -0.25) is 14.5 Å². The van der Waals surface area contributed by atoms with Gasteiger partial charge in [0.05, 0.1) is 18.2 Å². The van der Waals surface area contributed by atoms with Crippen molar-refractivity contribution in [2.24, 2.45) is 5.92 Å². The molecular weight excluding hydrogens is 462 g/mol. The van der Waals surface area contributed by atoms with E-state index in [1.807, 2.05) is 91.9 Å². The van der Waals surface area contributed by atoms with Gasteiger partial charge in [0.15, 0.2) is 0 Å². The maximum absolute atomic E-state index is 13.6. The van der Waals surface area contributed by atoms with E-state index < -0.39 is 17.7 Å². The normalized spacial score (nSPS) is 17.1. The molecule has 0 bridgehead atoms. The van der Waals surface area contributed by atoms with Crippen LogP contribution < -0.4 is 9.64 Å². The van der Waals surface area contributed by atoms with E-state index in [9.17, 15) is 14.7 Å². The van der Waals surface area contributed by atoms with Crippen molar-refractivity contribution in [2.75, 3.05) is 11.5 Å². The molecule has 1 aliphatic heterocycles. The van der Waals surface area contributed by atoms with Gasteiger partial charge < -0.3 is 9.84 Å². The van der Waals surface area contributed by atoms with Crippen LogP contribution in [-0.4, -0.2) is 23.4 Å². The molecule has 186 valence electrons. The molecule has 0 aliphatic carbocycles. The first-order valence-electron chi connectivity index (χ1n) is 12.4. The lowest BCUT2D eigenvalue weighted by Gasteiger charge is -2.26. The average Bonchev–Trinajstić information content (AvgIpc) is 3.17. The maximum Gasteiger partial charge on any atom is 0.300 e. The zero-order valence-corrected chi connectivity index (χ0v) is 21.1. The van der Waals surface area contributed by atoms with Crippen molar-refractivity contribution in [2.45, 2.75) is 26.8 Å². The minimum Gasteiger partial charge on any atom is -0.507 e. The minimum absolute atomic E-state index is 0.0583. The minimum atomic E-state index is -0.815. The Morgan fingerprint density at radius 2 is 1.62 bits per heavy atom. The number of ether oxygens (including phenoxy) is 1. The van der Waals surface area contributed by atoms with Crippen LogP contribution in [-0.2, 0) is 9.59 Å². The Bertz CT molecular complexity index is 1510. The van der Waals surface area contributed by atoms with Crippen molar-refractivity contribution < 1.29 is 19.4 Å². The van der Waals surface area contributed by atoms with Crippen LogP contribution in [0.1, 0.15) is 36.6 Å². The molecule has 1 amide bonds. The quantitative estimate of drug-likeness (QED) is 0.183. The molecule has 1 N–H and O–H groups in total. The summed E-state index contributed by atoms with van der Waals surface area (Å²) in [5.41, 5.74) is 2.88. The van der Waals surface area contributed by atoms with Gasteiger partial charge in [0, 0.05) is 11.3 Å². The van der Waals surface area contributed by atoms with Crippen LogP contribution in [0.4, 0.5) is 5.69 Å². The van der Waals surface area contributed by atoms with Crippen LogP contribution in [0.25, 0.3) is 16.5 Å². The van der Waals surface area contributed by atoms with E-state index in [0.29, 0.717) is 35.1 Å². The molecule has 0 saturated carbocycles. The van der Waals surface area contributed by atoms with Gasteiger partial charge in [-0.05, 0) is 53.4 Å². The van der Waals surface area contributed by atoms with Gasteiger partial charge in [0.2, 0.25) is 0 Å². The number of nitrogens with zero attached hydrogens (tertiary/aromatic N) is 1. The highest BCUT2D eigenvalue weighted by atomic mass is 16.5. The summed E-state index contributed by atoms with van der Waals surface area (Å²) in [6.45, 7) is 6.64. The number of aliphatic hydroxyl groups is 1. The highest BCUT2D eigenvalue weighted by molar-refractivity contribution is 6.51. The average molecular weight is 492 g/mol. The molecule has 1 saturated heterocycles. The van der Waals surface area contributed by atoms with Gasteiger partial charge in [-0.1, -0.05) is 86.1 Å². The van der Waals surface area contributed by atoms with Crippen LogP contribution in [0, 0.1) is 12.8 Å². The van der Waals surface area contributed by atoms with Crippen molar-refractivity contribution >= 4 is 33.9 Å². The van der Waals surface area contributed by atoms with E-state index >= 15 is 0 Å². The van der Waals surface area contributed by atoms with E-state index in [1.54, 1.807) is 6.07 Å². The molecule has 1 unspecified atom stereocenters. The summed E-state index contributed by atoms with van der Waals surface area (Å²) in [5, 5.41) is 13.4. The van der Waals surface area contributed by atoms with Crippen molar-refractivity contribution in [3.63, 3.8) is 0 Å². The fraction of sp³-hybridized carbons (Fsp3) is 0.188. The van der Waals surface area contributed by atoms with Crippen molar-refractivity contribution in [3.05, 3.63) is 113 Å². The molecule has 1 heterocycles. The van der Waals surface area contributed by atoms with Gasteiger partial charge >= 0.3 is 0 Å².